The van der Waals surface area contributed by atoms with Gasteiger partial charge in [-0.15, -0.1) is 0 Å². The molecule has 6 unspecified atom stereocenters. The summed E-state index contributed by atoms with van der Waals surface area (Å²) in [6.45, 7) is 7.23. The normalized spacial score (nSPS) is 42.6. The maximum Gasteiger partial charge on any atom is 0.333 e. The van der Waals surface area contributed by atoms with Crippen LogP contribution < -0.4 is 0 Å². The van der Waals surface area contributed by atoms with E-state index in [9.17, 15) is 9.59 Å². The van der Waals surface area contributed by atoms with E-state index in [-0.39, 0.29) is 30.1 Å². The van der Waals surface area contributed by atoms with E-state index in [1.807, 2.05) is 6.92 Å². The lowest BCUT2D eigenvalue weighted by Crippen LogP contribution is -2.35. The zero-order valence-corrected chi connectivity index (χ0v) is 12.1. The van der Waals surface area contributed by atoms with Crippen LogP contribution in [0.1, 0.15) is 39.5 Å². The molecular formula is C16H22O4. The highest BCUT2D eigenvalue weighted by Crippen LogP contribution is 2.53. The van der Waals surface area contributed by atoms with Crippen molar-refractivity contribution in [3.05, 3.63) is 12.2 Å². The molecule has 1 heterocycles. The molecule has 4 nitrogen and oxygen atoms in total. The Bertz CT molecular complexity index is 455. The van der Waals surface area contributed by atoms with Gasteiger partial charge in [0.2, 0.25) is 0 Å². The molecule has 3 rings (SSSR count). The smallest absolute Gasteiger partial charge is 0.333 e. The van der Waals surface area contributed by atoms with Gasteiger partial charge in [0, 0.05) is 17.4 Å². The number of ether oxygens (including phenoxy) is 2. The second-order valence-corrected chi connectivity index (χ2v) is 6.74. The Morgan fingerprint density at radius 3 is 2.50 bits per heavy atom. The van der Waals surface area contributed by atoms with Crippen molar-refractivity contribution in [2.75, 3.05) is 0 Å². The van der Waals surface area contributed by atoms with Crippen molar-refractivity contribution in [2.24, 2.45) is 23.7 Å². The predicted molar refractivity (Wildman–Crippen MR) is 72.7 cm³/mol. The van der Waals surface area contributed by atoms with Crippen LogP contribution in [-0.2, 0) is 19.1 Å². The van der Waals surface area contributed by atoms with Crippen molar-refractivity contribution >= 4 is 11.9 Å². The fourth-order valence-corrected chi connectivity index (χ4v) is 4.16. The van der Waals surface area contributed by atoms with Crippen LogP contribution in [0, 0.1) is 23.7 Å². The monoisotopic (exact) mass is 278 g/mol. The predicted octanol–water partition coefficient (Wildman–Crippen LogP) is 2.47. The third kappa shape index (κ3) is 2.25. The fourth-order valence-electron chi connectivity index (χ4n) is 4.16. The van der Waals surface area contributed by atoms with Gasteiger partial charge in [0.05, 0.1) is 5.92 Å². The topological polar surface area (TPSA) is 52.6 Å². The Hall–Kier alpha value is -1.32. The summed E-state index contributed by atoms with van der Waals surface area (Å²) < 4.78 is 11.1. The summed E-state index contributed by atoms with van der Waals surface area (Å²) >= 11 is 0. The van der Waals surface area contributed by atoms with Gasteiger partial charge in [0.15, 0.2) is 0 Å². The summed E-state index contributed by atoms with van der Waals surface area (Å²) in [6, 6.07) is 0. The molecule has 0 radical (unpaired) electrons. The summed E-state index contributed by atoms with van der Waals surface area (Å²) in [5, 5.41) is 0. The molecule has 3 aliphatic rings. The molecule has 1 aliphatic heterocycles. The van der Waals surface area contributed by atoms with E-state index in [1.165, 1.54) is 0 Å². The first-order valence-corrected chi connectivity index (χ1v) is 7.52. The minimum Gasteiger partial charge on any atom is -0.462 e. The van der Waals surface area contributed by atoms with E-state index in [0.717, 1.165) is 25.7 Å². The zero-order valence-electron chi connectivity index (χ0n) is 12.1. The Morgan fingerprint density at radius 1 is 1.25 bits per heavy atom. The lowest BCUT2D eigenvalue weighted by molar-refractivity contribution is -0.153. The van der Waals surface area contributed by atoms with Gasteiger partial charge in [-0.3, -0.25) is 4.79 Å². The average molecular weight is 278 g/mol. The largest absolute Gasteiger partial charge is 0.462 e. The van der Waals surface area contributed by atoms with Gasteiger partial charge in [0.1, 0.15) is 12.2 Å². The second kappa shape index (κ2) is 4.90. The number of carbonyl (C=O) groups excluding carboxylic acids is 2. The molecule has 2 aliphatic carbocycles. The van der Waals surface area contributed by atoms with Gasteiger partial charge in [-0.25, -0.2) is 4.79 Å². The lowest BCUT2D eigenvalue weighted by atomic mass is 9.81. The SMILES string of the molecule is C=C(C)C(=O)OC1CC2CC1C(C1CC(C)C(=O)O1)C2. The summed E-state index contributed by atoms with van der Waals surface area (Å²) in [4.78, 5) is 23.3. The van der Waals surface area contributed by atoms with Crippen molar-refractivity contribution in [3.8, 4) is 0 Å². The van der Waals surface area contributed by atoms with Crippen LogP contribution in [0.5, 0.6) is 0 Å². The molecule has 1 saturated heterocycles. The molecule has 0 aromatic heterocycles. The standard InChI is InChI=1S/C16H22O4/c1-8(2)15(17)19-14-7-10-5-11(12(14)6-10)13-4-9(3)16(18)20-13/h9-14H,1,4-7H2,2-3H3. The maximum absolute atomic E-state index is 11.7. The van der Waals surface area contributed by atoms with Gasteiger partial charge in [-0.1, -0.05) is 13.5 Å². The number of rotatable bonds is 3. The highest BCUT2D eigenvalue weighted by molar-refractivity contribution is 5.87. The molecule has 0 amide bonds. The van der Waals surface area contributed by atoms with Crippen LogP contribution in [0.4, 0.5) is 0 Å². The van der Waals surface area contributed by atoms with Crippen molar-refractivity contribution in [1.29, 1.82) is 0 Å². The Morgan fingerprint density at radius 2 is 1.95 bits per heavy atom. The van der Waals surface area contributed by atoms with Crippen molar-refractivity contribution < 1.29 is 19.1 Å². The molecule has 110 valence electrons. The minimum absolute atomic E-state index is 0.00977. The number of hydrogen-bond acceptors (Lipinski definition) is 4. The third-order valence-corrected chi connectivity index (χ3v) is 5.14. The fraction of sp³-hybridized carbons (Fsp3) is 0.750. The third-order valence-electron chi connectivity index (χ3n) is 5.14. The van der Waals surface area contributed by atoms with Crippen LogP contribution in [0.3, 0.4) is 0 Å². The first-order valence-electron chi connectivity index (χ1n) is 7.52. The number of esters is 2. The van der Waals surface area contributed by atoms with Crippen LogP contribution in [-0.4, -0.2) is 24.1 Å². The molecule has 2 saturated carbocycles. The van der Waals surface area contributed by atoms with Gasteiger partial charge in [-0.2, -0.15) is 0 Å². The summed E-state index contributed by atoms with van der Waals surface area (Å²) in [7, 11) is 0. The van der Waals surface area contributed by atoms with E-state index in [0.29, 0.717) is 23.3 Å². The number of carbonyl (C=O) groups is 2. The summed E-state index contributed by atoms with van der Waals surface area (Å²) in [5.74, 6) is 0.974. The van der Waals surface area contributed by atoms with Crippen molar-refractivity contribution in [1.82, 2.24) is 0 Å². The molecular weight excluding hydrogens is 256 g/mol. The minimum atomic E-state index is -0.293. The van der Waals surface area contributed by atoms with Crippen LogP contribution >= 0.6 is 0 Å². The molecule has 6 atom stereocenters. The van der Waals surface area contributed by atoms with E-state index >= 15 is 0 Å². The molecule has 20 heavy (non-hydrogen) atoms. The molecule has 4 heteroatoms. The van der Waals surface area contributed by atoms with Gasteiger partial charge < -0.3 is 9.47 Å². The maximum atomic E-state index is 11.7. The highest BCUT2D eigenvalue weighted by Gasteiger charge is 2.53. The second-order valence-electron chi connectivity index (χ2n) is 6.74. The summed E-state index contributed by atoms with van der Waals surface area (Å²) in [5.41, 5.74) is 0.449. The van der Waals surface area contributed by atoms with Crippen molar-refractivity contribution in [3.63, 3.8) is 0 Å². The molecule has 0 aromatic carbocycles. The quantitative estimate of drug-likeness (QED) is 0.588. The number of hydrogen-bond donors (Lipinski definition) is 0. The average Bonchev–Trinajstić information content (AvgIpc) is 3.04. The first-order chi connectivity index (χ1) is 9.45. The van der Waals surface area contributed by atoms with Gasteiger partial charge >= 0.3 is 11.9 Å². The van der Waals surface area contributed by atoms with Crippen LogP contribution in [0.15, 0.2) is 12.2 Å². The number of cyclic esters (lactones) is 1. The van der Waals surface area contributed by atoms with E-state index in [4.69, 9.17) is 9.47 Å². The lowest BCUT2D eigenvalue weighted by Gasteiger charge is -2.32. The molecule has 0 N–H and O–H groups in total. The van der Waals surface area contributed by atoms with Crippen LogP contribution in [0.2, 0.25) is 0 Å². The molecule has 3 fully saturated rings. The first kappa shape index (κ1) is 13.7. The van der Waals surface area contributed by atoms with E-state index in [2.05, 4.69) is 6.58 Å². The zero-order chi connectivity index (χ0) is 14.4. The van der Waals surface area contributed by atoms with Gasteiger partial charge in [0.25, 0.3) is 0 Å². The Balaban J connectivity index is 1.66. The molecule has 2 bridgehead atoms. The van der Waals surface area contributed by atoms with Crippen molar-refractivity contribution in [2.45, 2.75) is 51.7 Å². The Labute approximate surface area is 119 Å². The Kier molecular flexibility index (Phi) is 3.35. The van der Waals surface area contributed by atoms with Gasteiger partial charge in [-0.05, 0) is 38.5 Å². The number of fused-ring (bicyclic) bond motifs is 2. The molecule has 0 spiro atoms. The van der Waals surface area contributed by atoms with E-state index < -0.39 is 0 Å². The molecule has 0 aromatic rings. The van der Waals surface area contributed by atoms with E-state index in [1.54, 1.807) is 6.92 Å². The highest BCUT2D eigenvalue weighted by atomic mass is 16.6. The van der Waals surface area contributed by atoms with Crippen LogP contribution in [0.25, 0.3) is 0 Å². The summed E-state index contributed by atoms with van der Waals surface area (Å²) in [6.07, 6.45) is 3.98.